The van der Waals surface area contributed by atoms with E-state index in [1.807, 2.05) is 42.2 Å². The number of rotatable bonds is 9. The third-order valence-corrected chi connectivity index (χ3v) is 5.84. The quantitative estimate of drug-likeness (QED) is 0.429. The van der Waals surface area contributed by atoms with Crippen molar-refractivity contribution in [3.63, 3.8) is 0 Å². The zero-order valence-electron chi connectivity index (χ0n) is 19.8. The van der Waals surface area contributed by atoms with Crippen LogP contribution >= 0.6 is 0 Å². The van der Waals surface area contributed by atoms with Crippen LogP contribution in [0.3, 0.4) is 0 Å². The molecule has 170 valence electrons. The largest absolute Gasteiger partial charge is 0.492 e. The summed E-state index contributed by atoms with van der Waals surface area (Å²) in [7, 11) is 0. The molecule has 1 aromatic heterocycles. The number of hydrogen-bond donors (Lipinski definition) is 1. The number of carbonyl (C=O) groups excluding carboxylic acids is 1. The molecule has 0 aliphatic carbocycles. The van der Waals surface area contributed by atoms with Gasteiger partial charge in [-0.1, -0.05) is 55.8 Å². The van der Waals surface area contributed by atoms with E-state index in [2.05, 4.69) is 74.1 Å². The topological polar surface area (TPSA) is 46.5 Å². The Morgan fingerprint density at radius 3 is 2.56 bits per heavy atom. The number of ether oxygens (including phenoxy) is 1. The highest BCUT2D eigenvalue weighted by atomic mass is 16.5. The lowest BCUT2D eigenvalue weighted by Crippen LogP contribution is -2.43. The molecule has 1 heterocycles. The molecule has 0 saturated heterocycles. The predicted molar refractivity (Wildman–Crippen MR) is 131 cm³/mol. The van der Waals surface area contributed by atoms with Crippen molar-refractivity contribution in [3.8, 4) is 5.75 Å². The lowest BCUT2D eigenvalue weighted by Gasteiger charge is -2.32. The van der Waals surface area contributed by atoms with Gasteiger partial charge >= 0.3 is 6.03 Å². The molecule has 3 rings (SSSR count). The molecule has 5 nitrogen and oxygen atoms in total. The van der Waals surface area contributed by atoms with E-state index in [0.29, 0.717) is 30.5 Å². The van der Waals surface area contributed by atoms with E-state index in [-0.39, 0.29) is 12.1 Å². The molecule has 0 saturated carbocycles. The Hall–Kier alpha value is -3.21. The van der Waals surface area contributed by atoms with E-state index in [9.17, 15) is 4.79 Å². The fourth-order valence-corrected chi connectivity index (χ4v) is 3.73. The number of amides is 2. The van der Waals surface area contributed by atoms with E-state index in [1.165, 1.54) is 11.1 Å². The molecule has 0 aliphatic heterocycles. The number of hydrogen-bond acceptors (Lipinski definition) is 2. The van der Waals surface area contributed by atoms with E-state index >= 15 is 0 Å². The SMILES string of the molecule is CCOc1ccccc1NC(=O)N(Cc1cccn1Cc1cccc(C)c1)[C@@H](C)C(C)C. The summed E-state index contributed by atoms with van der Waals surface area (Å²) in [6.07, 6.45) is 2.08. The number of carbonyl (C=O) groups is 1. The number of para-hydroxylation sites is 2. The Balaban J connectivity index is 1.82. The van der Waals surface area contributed by atoms with Crippen LogP contribution in [-0.2, 0) is 13.1 Å². The summed E-state index contributed by atoms with van der Waals surface area (Å²) >= 11 is 0. The smallest absolute Gasteiger partial charge is 0.322 e. The van der Waals surface area contributed by atoms with Crippen molar-refractivity contribution in [1.29, 1.82) is 0 Å². The predicted octanol–water partition coefficient (Wildman–Crippen LogP) is 6.32. The Bertz CT molecular complexity index is 1030. The van der Waals surface area contributed by atoms with E-state index in [1.54, 1.807) is 0 Å². The third kappa shape index (κ3) is 5.94. The van der Waals surface area contributed by atoms with Crippen molar-refractivity contribution in [2.75, 3.05) is 11.9 Å². The molecule has 0 fully saturated rings. The Labute approximate surface area is 192 Å². The zero-order valence-corrected chi connectivity index (χ0v) is 19.8. The Kier molecular flexibility index (Phi) is 7.98. The fourth-order valence-electron chi connectivity index (χ4n) is 3.73. The Morgan fingerprint density at radius 2 is 1.84 bits per heavy atom. The van der Waals surface area contributed by atoms with Gasteiger partial charge < -0.3 is 19.5 Å². The molecular weight excluding hydrogens is 398 g/mol. The summed E-state index contributed by atoms with van der Waals surface area (Å²) < 4.78 is 7.91. The van der Waals surface area contributed by atoms with Gasteiger partial charge in [0, 0.05) is 24.5 Å². The summed E-state index contributed by atoms with van der Waals surface area (Å²) in [5.74, 6) is 1.01. The lowest BCUT2D eigenvalue weighted by molar-refractivity contribution is 0.168. The summed E-state index contributed by atoms with van der Waals surface area (Å²) in [4.78, 5) is 15.3. The van der Waals surface area contributed by atoms with Crippen LogP contribution in [0.5, 0.6) is 5.75 Å². The molecular formula is C27H35N3O2. The van der Waals surface area contributed by atoms with Crippen LogP contribution in [0.2, 0.25) is 0 Å². The molecule has 1 N–H and O–H groups in total. The number of nitrogens with one attached hydrogen (secondary N) is 1. The van der Waals surface area contributed by atoms with Crippen molar-refractivity contribution in [3.05, 3.63) is 83.7 Å². The number of aryl methyl sites for hydroxylation is 1. The summed E-state index contributed by atoms with van der Waals surface area (Å²) in [5, 5.41) is 3.07. The van der Waals surface area contributed by atoms with Gasteiger partial charge in [0.1, 0.15) is 5.75 Å². The van der Waals surface area contributed by atoms with Crippen molar-refractivity contribution < 1.29 is 9.53 Å². The highest BCUT2D eigenvalue weighted by Crippen LogP contribution is 2.25. The molecule has 0 aliphatic rings. The number of nitrogens with zero attached hydrogens (tertiary/aromatic N) is 2. The minimum atomic E-state index is -0.123. The number of urea groups is 1. The standard InChI is InChI=1S/C27H35N3O2/c1-6-32-26-15-8-7-14-25(26)28-27(31)30(22(5)20(2)3)19-24-13-10-16-29(24)18-23-12-9-11-21(4)17-23/h7-17,20,22H,6,18-19H2,1-5H3,(H,28,31)/t22-/m0/s1. The summed E-state index contributed by atoms with van der Waals surface area (Å²) in [6.45, 7) is 12.3. The van der Waals surface area contributed by atoms with E-state index in [4.69, 9.17) is 4.74 Å². The van der Waals surface area contributed by atoms with Crippen molar-refractivity contribution >= 4 is 11.7 Å². The van der Waals surface area contributed by atoms with Crippen LogP contribution < -0.4 is 10.1 Å². The molecule has 0 spiro atoms. The van der Waals surface area contributed by atoms with Crippen molar-refractivity contribution in [2.24, 2.45) is 5.92 Å². The monoisotopic (exact) mass is 433 g/mol. The molecule has 2 amide bonds. The second-order valence-corrected chi connectivity index (χ2v) is 8.59. The van der Waals surface area contributed by atoms with Crippen LogP contribution in [0.25, 0.3) is 0 Å². The first-order valence-corrected chi connectivity index (χ1v) is 11.4. The minimum absolute atomic E-state index is 0.0663. The van der Waals surface area contributed by atoms with Crippen LogP contribution in [0, 0.1) is 12.8 Å². The fraction of sp³-hybridized carbons (Fsp3) is 0.370. The second-order valence-electron chi connectivity index (χ2n) is 8.59. The third-order valence-electron chi connectivity index (χ3n) is 5.84. The molecule has 2 aromatic carbocycles. The zero-order chi connectivity index (χ0) is 23.1. The molecule has 5 heteroatoms. The minimum Gasteiger partial charge on any atom is -0.492 e. The van der Waals surface area contributed by atoms with Gasteiger partial charge in [0.2, 0.25) is 0 Å². The molecule has 0 unspecified atom stereocenters. The van der Waals surface area contributed by atoms with Gasteiger partial charge in [-0.15, -0.1) is 0 Å². The molecule has 1 atom stereocenters. The maximum Gasteiger partial charge on any atom is 0.322 e. The average Bonchev–Trinajstić information content (AvgIpc) is 3.19. The van der Waals surface area contributed by atoms with Gasteiger partial charge in [0.15, 0.2) is 0 Å². The summed E-state index contributed by atoms with van der Waals surface area (Å²) in [5.41, 5.74) is 4.29. The first-order chi connectivity index (χ1) is 15.4. The first-order valence-electron chi connectivity index (χ1n) is 11.4. The van der Waals surface area contributed by atoms with Gasteiger partial charge in [-0.2, -0.15) is 0 Å². The molecule has 32 heavy (non-hydrogen) atoms. The average molecular weight is 434 g/mol. The highest BCUT2D eigenvalue weighted by molar-refractivity contribution is 5.91. The van der Waals surface area contributed by atoms with Crippen molar-refractivity contribution in [1.82, 2.24) is 9.47 Å². The van der Waals surface area contributed by atoms with Crippen LogP contribution in [0.1, 0.15) is 44.5 Å². The highest BCUT2D eigenvalue weighted by Gasteiger charge is 2.24. The van der Waals surface area contributed by atoms with Crippen molar-refractivity contribution in [2.45, 2.75) is 53.8 Å². The van der Waals surface area contributed by atoms with Gasteiger partial charge in [0.25, 0.3) is 0 Å². The van der Waals surface area contributed by atoms with Gasteiger partial charge in [-0.05, 0) is 56.5 Å². The first kappa shape index (κ1) is 23.5. The van der Waals surface area contributed by atoms with Crippen LogP contribution in [0.4, 0.5) is 10.5 Å². The normalized spacial score (nSPS) is 11.9. The van der Waals surface area contributed by atoms with Gasteiger partial charge in [-0.3, -0.25) is 0 Å². The number of aromatic nitrogens is 1. The van der Waals surface area contributed by atoms with E-state index in [0.717, 1.165) is 12.2 Å². The molecule has 0 bridgehead atoms. The number of benzene rings is 2. The summed E-state index contributed by atoms with van der Waals surface area (Å²) in [6, 6.07) is 20.2. The van der Waals surface area contributed by atoms with Crippen LogP contribution in [0.15, 0.2) is 66.9 Å². The lowest BCUT2D eigenvalue weighted by atomic mass is 10.0. The van der Waals surface area contributed by atoms with Gasteiger partial charge in [-0.25, -0.2) is 4.79 Å². The van der Waals surface area contributed by atoms with Gasteiger partial charge in [0.05, 0.1) is 18.8 Å². The van der Waals surface area contributed by atoms with Crippen LogP contribution in [-0.4, -0.2) is 28.1 Å². The van der Waals surface area contributed by atoms with E-state index < -0.39 is 0 Å². The maximum absolute atomic E-state index is 13.4. The molecule has 3 aromatic rings. The number of anilines is 1. The maximum atomic E-state index is 13.4. The molecule has 0 radical (unpaired) electrons. The Morgan fingerprint density at radius 1 is 1.06 bits per heavy atom. The second kappa shape index (κ2) is 10.9.